The number of aliphatic hydroxyl groups excluding tert-OH is 1. The van der Waals surface area contributed by atoms with Gasteiger partial charge in [0.1, 0.15) is 5.75 Å². The number of rotatable bonds is 3. The summed E-state index contributed by atoms with van der Waals surface area (Å²) in [5.74, 6) is 0.561. The van der Waals surface area contributed by atoms with Crippen molar-refractivity contribution in [3.8, 4) is 5.75 Å². The molecule has 0 aliphatic rings. The van der Waals surface area contributed by atoms with E-state index in [-0.39, 0.29) is 5.56 Å². The lowest BCUT2D eigenvalue weighted by Crippen LogP contribution is -2.22. The summed E-state index contributed by atoms with van der Waals surface area (Å²) < 4.78 is 43.1. The summed E-state index contributed by atoms with van der Waals surface area (Å²) >= 11 is 0. The minimum Gasteiger partial charge on any atom is -0.494 e. The van der Waals surface area contributed by atoms with Crippen LogP contribution in [-0.2, 0) is 0 Å². The minimum absolute atomic E-state index is 0.0801. The normalized spacial score (nSPS) is 13.6. The molecule has 1 atom stereocenters. The molecular formula is C13H17F3O2. The lowest BCUT2D eigenvalue weighted by Gasteiger charge is -2.22. The van der Waals surface area contributed by atoms with Gasteiger partial charge in [-0.1, -0.05) is 0 Å². The SMILES string of the molecule is CCOc1cc(C)c(C(O)C(F)(F)F)c(C)c1C. The molecule has 1 rings (SSSR count). The molecule has 0 heterocycles. The topological polar surface area (TPSA) is 29.5 Å². The first-order valence-corrected chi connectivity index (χ1v) is 5.68. The Balaban J connectivity index is 3.35. The number of aryl methyl sites for hydroxylation is 1. The molecule has 0 amide bonds. The van der Waals surface area contributed by atoms with Crippen LogP contribution in [0.25, 0.3) is 0 Å². The Labute approximate surface area is 104 Å². The number of ether oxygens (including phenoxy) is 1. The number of benzene rings is 1. The molecule has 102 valence electrons. The molecule has 0 saturated heterocycles. The van der Waals surface area contributed by atoms with Gasteiger partial charge in [0.25, 0.3) is 0 Å². The fraction of sp³-hybridized carbons (Fsp3) is 0.538. The highest BCUT2D eigenvalue weighted by Gasteiger charge is 2.41. The van der Waals surface area contributed by atoms with E-state index in [1.165, 1.54) is 6.07 Å². The Morgan fingerprint density at radius 3 is 2.22 bits per heavy atom. The van der Waals surface area contributed by atoms with Gasteiger partial charge in [0.05, 0.1) is 6.61 Å². The van der Waals surface area contributed by atoms with Crippen molar-refractivity contribution in [1.29, 1.82) is 0 Å². The molecule has 0 saturated carbocycles. The van der Waals surface area contributed by atoms with E-state index in [4.69, 9.17) is 4.74 Å². The fourth-order valence-corrected chi connectivity index (χ4v) is 1.96. The highest BCUT2D eigenvalue weighted by Crippen LogP contribution is 2.39. The molecule has 1 aromatic rings. The first-order valence-electron chi connectivity index (χ1n) is 5.68. The van der Waals surface area contributed by atoms with E-state index in [0.717, 1.165) is 0 Å². The molecule has 0 bridgehead atoms. The van der Waals surface area contributed by atoms with Gasteiger partial charge in [-0.05, 0) is 56.0 Å². The van der Waals surface area contributed by atoms with Gasteiger partial charge in [-0.2, -0.15) is 13.2 Å². The smallest absolute Gasteiger partial charge is 0.418 e. The van der Waals surface area contributed by atoms with Gasteiger partial charge in [-0.3, -0.25) is 0 Å². The average molecular weight is 262 g/mol. The van der Waals surface area contributed by atoms with E-state index < -0.39 is 12.3 Å². The van der Waals surface area contributed by atoms with Gasteiger partial charge < -0.3 is 9.84 Å². The predicted octanol–water partition coefficient (Wildman–Crippen LogP) is 3.61. The standard InChI is InChI=1S/C13H17F3O2/c1-5-18-10-6-7(2)11(9(4)8(10)3)12(17)13(14,15)16/h6,12,17H,5H2,1-4H3. The van der Waals surface area contributed by atoms with E-state index in [0.29, 0.717) is 29.0 Å². The second-order valence-electron chi connectivity index (χ2n) is 4.23. The molecule has 0 aromatic heterocycles. The average Bonchev–Trinajstić information content (AvgIpc) is 2.24. The van der Waals surface area contributed by atoms with Crippen LogP contribution in [-0.4, -0.2) is 17.9 Å². The van der Waals surface area contributed by atoms with Crippen LogP contribution in [0.3, 0.4) is 0 Å². The summed E-state index contributed by atoms with van der Waals surface area (Å²) in [6, 6.07) is 1.54. The van der Waals surface area contributed by atoms with E-state index in [1.54, 1.807) is 20.8 Å². The predicted molar refractivity (Wildman–Crippen MR) is 62.8 cm³/mol. The van der Waals surface area contributed by atoms with E-state index in [1.807, 2.05) is 6.92 Å². The number of aliphatic hydroxyl groups is 1. The summed E-state index contributed by atoms with van der Waals surface area (Å²) in [6.45, 7) is 7.05. The zero-order chi connectivity index (χ0) is 14.1. The third kappa shape index (κ3) is 2.77. The summed E-state index contributed by atoms with van der Waals surface area (Å²) in [4.78, 5) is 0. The summed E-state index contributed by atoms with van der Waals surface area (Å²) in [6.07, 6.45) is -7.11. The van der Waals surface area contributed by atoms with Gasteiger partial charge in [0.15, 0.2) is 6.10 Å². The maximum Gasteiger partial charge on any atom is 0.418 e. The highest BCUT2D eigenvalue weighted by molar-refractivity contribution is 5.49. The maximum atomic E-state index is 12.6. The molecule has 0 spiro atoms. The number of hydrogen-bond donors (Lipinski definition) is 1. The van der Waals surface area contributed by atoms with Crippen molar-refractivity contribution in [2.75, 3.05) is 6.61 Å². The van der Waals surface area contributed by atoms with Crippen molar-refractivity contribution >= 4 is 0 Å². The number of halogens is 3. The van der Waals surface area contributed by atoms with Crippen LogP contribution in [0.5, 0.6) is 5.75 Å². The Morgan fingerprint density at radius 1 is 1.22 bits per heavy atom. The fourth-order valence-electron chi connectivity index (χ4n) is 1.96. The lowest BCUT2D eigenvalue weighted by atomic mass is 9.93. The van der Waals surface area contributed by atoms with Crippen LogP contribution >= 0.6 is 0 Å². The summed E-state index contributed by atoms with van der Waals surface area (Å²) in [7, 11) is 0. The Bertz CT molecular complexity index is 439. The third-order valence-electron chi connectivity index (χ3n) is 2.99. The second kappa shape index (κ2) is 5.18. The monoisotopic (exact) mass is 262 g/mol. The Hall–Kier alpha value is -1.23. The van der Waals surface area contributed by atoms with E-state index >= 15 is 0 Å². The Morgan fingerprint density at radius 2 is 1.78 bits per heavy atom. The second-order valence-corrected chi connectivity index (χ2v) is 4.23. The molecule has 18 heavy (non-hydrogen) atoms. The van der Waals surface area contributed by atoms with Gasteiger partial charge in [-0.25, -0.2) is 0 Å². The first-order chi connectivity index (χ1) is 8.20. The number of hydrogen-bond acceptors (Lipinski definition) is 2. The van der Waals surface area contributed by atoms with E-state index in [9.17, 15) is 18.3 Å². The van der Waals surface area contributed by atoms with Gasteiger partial charge in [0, 0.05) is 0 Å². The largest absolute Gasteiger partial charge is 0.494 e. The third-order valence-corrected chi connectivity index (χ3v) is 2.99. The van der Waals surface area contributed by atoms with Gasteiger partial charge >= 0.3 is 6.18 Å². The van der Waals surface area contributed by atoms with Crippen molar-refractivity contribution in [2.45, 2.75) is 40.0 Å². The zero-order valence-corrected chi connectivity index (χ0v) is 10.9. The molecule has 0 radical (unpaired) electrons. The van der Waals surface area contributed by atoms with Crippen molar-refractivity contribution in [1.82, 2.24) is 0 Å². The van der Waals surface area contributed by atoms with Crippen molar-refractivity contribution in [3.63, 3.8) is 0 Å². The summed E-state index contributed by atoms with van der Waals surface area (Å²) in [5.41, 5.74) is 1.35. The quantitative estimate of drug-likeness (QED) is 0.901. The molecule has 1 aromatic carbocycles. The molecule has 5 heteroatoms. The van der Waals surface area contributed by atoms with Crippen LogP contribution in [0.1, 0.15) is 35.3 Å². The zero-order valence-electron chi connectivity index (χ0n) is 10.9. The molecule has 1 unspecified atom stereocenters. The highest BCUT2D eigenvalue weighted by atomic mass is 19.4. The van der Waals surface area contributed by atoms with Crippen LogP contribution in [0.2, 0.25) is 0 Å². The van der Waals surface area contributed by atoms with Gasteiger partial charge in [0.2, 0.25) is 0 Å². The summed E-state index contributed by atoms with van der Waals surface area (Å²) in [5, 5.41) is 9.40. The Kier molecular flexibility index (Phi) is 4.27. The molecule has 0 fully saturated rings. The molecule has 2 nitrogen and oxygen atoms in total. The van der Waals surface area contributed by atoms with Gasteiger partial charge in [-0.15, -0.1) is 0 Å². The lowest BCUT2D eigenvalue weighted by molar-refractivity contribution is -0.207. The van der Waals surface area contributed by atoms with Crippen LogP contribution in [0.15, 0.2) is 6.07 Å². The van der Waals surface area contributed by atoms with E-state index in [2.05, 4.69) is 0 Å². The number of alkyl halides is 3. The maximum absolute atomic E-state index is 12.6. The molecule has 0 aliphatic heterocycles. The first kappa shape index (κ1) is 14.8. The van der Waals surface area contributed by atoms with Crippen LogP contribution < -0.4 is 4.74 Å². The van der Waals surface area contributed by atoms with Crippen LogP contribution in [0.4, 0.5) is 13.2 Å². The van der Waals surface area contributed by atoms with Crippen molar-refractivity contribution in [2.24, 2.45) is 0 Å². The van der Waals surface area contributed by atoms with Crippen molar-refractivity contribution in [3.05, 3.63) is 28.3 Å². The minimum atomic E-state index is -4.66. The van der Waals surface area contributed by atoms with Crippen molar-refractivity contribution < 1.29 is 23.0 Å². The van der Waals surface area contributed by atoms with Crippen LogP contribution in [0, 0.1) is 20.8 Å². The molecule has 1 N–H and O–H groups in total. The molecular weight excluding hydrogens is 245 g/mol. The molecule has 0 aliphatic carbocycles.